The second-order valence-corrected chi connectivity index (χ2v) is 10.2. The summed E-state index contributed by atoms with van der Waals surface area (Å²) in [5, 5.41) is 12.7. The molecule has 202 valence electrons. The zero-order chi connectivity index (χ0) is 26.7. The van der Waals surface area contributed by atoms with Crippen LogP contribution >= 0.6 is 0 Å². The third-order valence-electron chi connectivity index (χ3n) is 7.54. The van der Waals surface area contributed by atoms with Crippen LogP contribution in [0.4, 0.5) is 0 Å². The van der Waals surface area contributed by atoms with Crippen LogP contribution in [0.25, 0.3) is 0 Å². The summed E-state index contributed by atoms with van der Waals surface area (Å²) in [6.07, 6.45) is 7.99. The van der Waals surface area contributed by atoms with Crippen LogP contribution in [0.3, 0.4) is 0 Å². The van der Waals surface area contributed by atoms with Crippen LogP contribution in [0.15, 0.2) is 72.8 Å². The number of carbonyl (C=O) groups is 3. The van der Waals surface area contributed by atoms with E-state index in [-0.39, 0.29) is 49.4 Å². The first-order chi connectivity index (χ1) is 18.5. The van der Waals surface area contributed by atoms with E-state index in [1.165, 1.54) is 0 Å². The molecule has 2 aromatic rings. The summed E-state index contributed by atoms with van der Waals surface area (Å²) in [7, 11) is 0. The van der Waals surface area contributed by atoms with Crippen LogP contribution in [0.1, 0.15) is 55.7 Å². The molecule has 0 spiro atoms. The molecule has 2 N–H and O–H groups in total. The summed E-state index contributed by atoms with van der Waals surface area (Å²) in [5.41, 5.74) is 1.92. The van der Waals surface area contributed by atoms with Crippen LogP contribution in [-0.2, 0) is 25.5 Å². The van der Waals surface area contributed by atoms with Gasteiger partial charge in [-0.05, 0) is 49.7 Å². The van der Waals surface area contributed by atoms with Gasteiger partial charge in [0.2, 0.25) is 11.8 Å². The van der Waals surface area contributed by atoms with Crippen molar-refractivity contribution >= 4 is 17.8 Å². The summed E-state index contributed by atoms with van der Waals surface area (Å²) in [5.74, 6) is -1.47. The Balaban J connectivity index is 1.53. The topological polar surface area (TPSA) is 95.9 Å². The van der Waals surface area contributed by atoms with Gasteiger partial charge < -0.3 is 20.1 Å². The average molecular weight is 519 g/mol. The summed E-state index contributed by atoms with van der Waals surface area (Å²) in [6.45, 7) is 0.570. The van der Waals surface area contributed by atoms with Gasteiger partial charge in [0.05, 0.1) is 30.5 Å². The number of allylic oxidation sites excluding steroid dienone is 2. The van der Waals surface area contributed by atoms with Gasteiger partial charge in [-0.2, -0.15) is 0 Å². The monoisotopic (exact) mass is 518 g/mol. The van der Waals surface area contributed by atoms with E-state index in [1.807, 2.05) is 72.8 Å². The highest BCUT2D eigenvalue weighted by Gasteiger charge is 2.32. The molecule has 1 saturated heterocycles. The summed E-state index contributed by atoms with van der Waals surface area (Å²) >= 11 is 0. The van der Waals surface area contributed by atoms with Crippen LogP contribution in [0.2, 0.25) is 0 Å². The molecule has 0 aliphatic carbocycles. The van der Waals surface area contributed by atoms with Gasteiger partial charge in [-0.3, -0.25) is 14.4 Å². The van der Waals surface area contributed by atoms with Crippen molar-refractivity contribution in [3.8, 4) is 0 Å². The van der Waals surface area contributed by atoms with Crippen molar-refractivity contribution in [2.24, 2.45) is 11.8 Å². The van der Waals surface area contributed by atoms with Gasteiger partial charge >= 0.3 is 5.97 Å². The normalized spacial score (nSPS) is 25.0. The molecule has 2 aliphatic heterocycles. The Kier molecular flexibility index (Phi) is 10.1. The Bertz CT molecular complexity index is 1090. The van der Waals surface area contributed by atoms with Crippen molar-refractivity contribution in [2.75, 3.05) is 19.8 Å². The fourth-order valence-corrected chi connectivity index (χ4v) is 5.32. The lowest BCUT2D eigenvalue weighted by molar-refractivity contribution is -0.150. The second kappa shape index (κ2) is 13.9. The SMILES string of the molecule is O=C1NC(c2ccccc2)COC(=O)C(Cc2ccccc2)CCC=CCC1CC(=O)N1CCCC1CO. The molecule has 4 atom stereocenters. The van der Waals surface area contributed by atoms with Crippen molar-refractivity contribution in [3.05, 3.63) is 83.9 Å². The van der Waals surface area contributed by atoms with Gasteiger partial charge in [-0.15, -0.1) is 0 Å². The van der Waals surface area contributed by atoms with Crippen LogP contribution in [0, 0.1) is 11.8 Å². The molecular formula is C31H38N2O5. The lowest BCUT2D eigenvalue weighted by Gasteiger charge is -2.26. The number of likely N-dealkylation sites (tertiary alicyclic amines) is 1. The molecule has 0 bridgehead atoms. The van der Waals surface area contributed by atoms with Gasteiger partial charge in [0, 0.05) is 13.0 Å². The number of aliphatic hydroxyl groups is 1. The van der Waals surface area contributed by atoms with Gasteiger partial charge in [0.25, 0.3) is 0 Å². The Morgan fingerprint density at radius 3 is 2.45 bits per heavy atom. The number of amides is 2. The highest BCUT2D eigenvalue weighted by atomic mass is 16.5. The molecule has 0 saturated carbocycles. The van der Waals surface area contributed by atoms with Gasteiger partial charge in [0.1, 0.15) is 6.61 Å². The lowest BCUT2D eigenvalue weighted by atomic mass is 9.94. The molecule has 2 aliphatic rings. The number of aliphatic hydroxyl groups excluding tert-OH is 1. The van der Waals surface area contributed by atoms with Crippen LogP contribution in [-0.4, -0.2) is 53.6 Å². The molecule has 7 nitrogen and oxygen atoms in total. The van der Waals surface area contributed by atoms with E-state index in [0.29, 0.717) is 32.2 Å². The van der Waals surface area contributed by atoms with E-state index in [2.05, 4.69) is 5.32 Å². The van der Waals surface area contributed by atoms with Gasteiger partial charge in [-0.25, -0.2) is 0 Å². The zero-order valence-electron chi connectivity index (χ0n) is 21.8. The second-order valence-electron chi connectivity index (χ2n) is 10.2. The number of rotatable bonds is 6. The molecule has 0 aromatic heterocycles. The maximum atomic E-state index is 13.5. The Morgan fingerprint density at radius 1 is 0.974 bits per heavy atom. The number of carbonyl (C=O) groups excluding carboxylic acids is 3. The number of hydrogen-bond acceptors (Lipinski definition) is 5. The lowest BCUT2D eigenvalue weighted by Crippen LogP contribution is -2.42. The third kappa shape index (κ3) is 7.54. The molecule has 0 radical (unpaired) electrons. The molecule has 4 rings (SSSR count). The van der Waals surface area contributed by atoms with Crippen molar-refractivity contribution < 1.29 is 24.2 Å². The fraction of sp³-hybridized carbons (Fsp3) is 0.452. The molecular weight excluding hydrogens is 480 g/mol. The van der Waals surface area contributed by atoms with Crippen molar-refractivity contribution in [1.82, 2.24) is 10.2 Å². The van der Waals surface area contributed by atoms with Crippen molar-refractivity contribution in [2.45, 2.75) is 57.0 Å². The Hall–Kier alpha value is -3.45. The number of esters is 1. The largest absolute Gasteiger partial charge is 0.463 e. The molecule has 4 unspecified atom stereocenters. The first-order valence-corrected chi connectivity index (χ1v) is 13.7. The Labute approximate surface area is 224 Å². The van der Waals surface area contributed by atoms with E-state index < -0.39 is 12.0 Å². The number of nitrogens with one attached hydrogen (secondary N) is 1. The maximum Gasteiger partial charge on any atom is 0.309 e. The number of ether oxygens (including phenoxy) is 1. The quantitative estimate of drug-likeness (QED) is 0.446. The van der Waals surface area contributed by atoms with Crippen molar-refractivity contribution in [3.63, 3.8) is 0 Å². The molecule has 2 amide bonds. The molecule has 38 heavy (non-hydrogen) atoms. The standard InChI is InChI=1S/C31H38N2O5/c34-21-27-17-10-18-33(27)29(35)20-25-15-8-3-9-16-26(19-23-11-4-1-5-12-23)31(37)38-22-28(32-30(25)36)24-13-6-2-7-14-24/h1-8,11-14,25-28,34H,9-10,15-22H2,(H,32,36). The third-order valence-corrected chi connectivity index (χ3v) is 7.54. The minimum atomic E-state index is -0.554. The fourth-order valence-electron chi connectivity index (χ4n) is 5.32. The maximum absolute atomic E-state index is 13.5. The van der Waals surface area contributed by atoms with E-state index in [0.717, 1.165) is 24.0 Å². The highest BCUT2D eigenvalue weighted by molar-refractivity contribution is 5.86. The van der Waals surface area contributed by atoms with Crippen molar-refractivity contribution in [1.29, 1.82) is 0 Å². The molecule has 1 fully saturated rings. The van der Waals surface area contributed by atoms with E-state index in [1.54, 1.807) is 4.90 Å². The number of cyclic esters (lactones) is 1. The summed E-state index contributed by atoms with van der Waals surface area (Å²) in [4.78, 5) is 41.5. The minimum Gasteiger partial charge on any atom is -0.463 e. The first-order valence-electron chi connectivity index (χ1n) is 13.7. The van der Waals surface area contributed by atoms with Crippen LogP contribution in [0.5, 0.6) is 0 Å². The van der Waals surface area contributed by atoms with Crippen LogP contribution < -0.4 is 5.32 Å². The highest BCUT2D eigenvalue weighted by Crippen LogP contribution is 2.24. The average Bonchev–Trinajstić information content (AvgIpc) is 3.43. The van der Waals surface area contributed by atoms with E-state index in [4.69, 9.17) is 4.74 Å². The predicted molar refractivity (Wildman–Crippen MR) is 145 cm³/mol. The van der Waals surface area contributed by atoms with E-state index >= 15 is 0 Å². The summed E-state index contributed by atoms with van der Waals surface area (Å²) in [6, 6.07) is 18.7. The predicted octanol–water partition coefficient (Wildman–Crippen LogP) is 3.98. The van der Waals surface area contributed by atoms with E-state index in [9.17, 15) is 19.5 Å². The molecule has 2 heterocycles. The number of hydrogen-bond donors (Lipinski definition) is 2. The number of benzene rings is 2. The number of nitrogens with zero attached hydrogens (tertiary/aromatic N) is 1. The summed E-state index contributed by atoms with van der Waals surface area (Å²) < 4.78 is 5.80. The zero-order valence-corrected chi connectivity index (χ0v) is 21.8. The minimum absolute atomic E-state index is 0.0205. The smallest absolute Gasteiger partial charge is 0.309 e. The van der Waals surface area contributed by atoms with Gasteiger partial charge in [-0.1, -0.05) is 72.8 Å². The van der Waals surface area contributed by atoms with Gasteiger partial charge in [0.15, 0.2) is 0 Å². The molecule has 7 heteroatoms. The first kappa shape index (κ1) is 27.6. The Morgan fingerprint density at radius 2 is 1.71 bits per heavy atom. The molecule has 2 aromatic carbocycles.